The quantitative estimate of drug-likeness (QED) is 0.791. The molecule has 17 heavy (non-hydrogen) atoms. The first-order valence-electron chi connectivity index (χ1n) is 5.45. The van der Waals surface area contributed by atoms with E-state index in [1.54, 1.807) is 38.1 Å². The molecule has 1 heterocycles. The minimum Gasteiger partial charge on any atom is -0.297 e. The van der Waals surface area contributed by atoms with Gasteiger partial charge < -0.3 is 0 Å². The minimum absolute atomic E-state index is 0.0195. The van der Waals surface area contributed by atoms with E-state index in [1.165, 1.54) is 0 Å². The Balaban J connectivity index is 2.47. The molecule has 5 heteroatoms. The Bertz CT molecular complexity index is 616. The summed E-state index contributed by atoms with van der Waals surface area (Å²) in [6, 6.07) is 6.96. The van der Waals surface area contributed by atoms with Gasteiger partial charge in [-0.2, -0.15) is 0 Å². The van der Waals surface area contributed by atoms with Crippen molar-refractivity contribution in [1.29, 1.82) is 0 Å². The van der Waals surface area contributed by atoms with E-state index in [2.05, 4.69) is 10.3 Å². The van der Waals surface area contributed by atoms with E-state index in [4.69, 9.17) is 0 Å². The van der Waals surface area contributed by atoms with Gasteiger partial charge in [0.25, 0.3) is 5.56 Å². The van der Waals surface area contributed by atoms with E-state index < -0.39 is 0 Å². The number of nitrogens with zero attached hydrogens (tertiary/aromatic N) is 3. The normalized spacial score (nSPS) is 11.0. The predicted octanol–water partition coefficient (Wildman–Crippen LogP) is 1.02. The number of rotatable bonds is 3. The fourth-order valence-corrected chi connectivity index (χ4v) is 1.46. The summed E-state index contributed by atoms with van der Waals surface area (Å²) >= 11 is 0. The van der Waals surface area contributed by atoms with Gasteiger partial charge in [0.1, 0.15) is 12.1 Å². The Morgan fingerprint density at radius 3 is 2.76 bits per heavy atom. The van der Waals surface area contributed by atoms with Crippen molar-refractivity contribution in [3.05, 3.63) is 34.6 Å². The number of fused-ring (bicyclic) bond motifs is 1. The Morgan fingerprint density at radius 2 is 2.06 bits per heavy atom. The summed E-state index contributed by atoms with van der Waals surface area (Å²) in [4.78, 5) is 23.6. The average molecular weight is 231 g/mol. The third-order valence-corrected chi connectivity index (χ3v) is 2.58. The lowest BCUT2D eigenvalue weighted by Crippen LogP contribution is -2.29. The molecule has 0 spiro atoms. The van der Waals surface area contributed by atoms with Crippen LogP contribution in [0, 0.1) is 5.92 Å². The molecule has 0 unspecified atom stereocenters. The van der Waals surface area contributed by atoms with Gasteiger partial charge in [0, 0.05) is 5.92 Å². The van der Waals surface area contributed by atoms with E-state index in [0.29, 0.717) is 10.9 Å². The van der Waals surface area contributed by atoms with Crippen LogP contribution in [0.5, 0.6) is 0 Å². The summed E-state index contributed by atoms with van der Waals surface area (Å²) < 4.78 is 1.12. The van der Waals surface area contributed by atoms with Gasteiger partial charge in [-0.1, -0.05) is 31.2 Å². The molecule has 0 saturated carbocycles. The first kappa shape index (κ1) is 11.4. The topological polar surface area (TPSA) is 64.8 Å². The molecule has 1 aromatic carbocycles. The predicted molar refractivity (Wildman–Crippen MR) is 63.6 cm³/mol. The third-order valence-electron chi connectivity index (χ3n) is 2.58. The Labute approximate surface area is 98.1 Å². The van der Waals surface area contributed by atoms with Crippen molar-refractivity contribution in [3.63, 3.8) is 0 Å². The van der Waals surface area contributed by atoms with Gasteiger partial charge in [0.15, 0.2) is 5.78 Å². The van der Waals surface area contributed by atoms with Gasteiger partial charge in [-0.3, -0.25) is 9.59 Å². The molecule has 0 bridgehead atoms. The first-order chi connectivity index (χ1) is 8.09. The van der Waals surface area contributed by atoms with Gasteiger partial charge in [0.05, 0.1) is 5.39 Å². The van der Waals surface area contributed by atoms with Crippen LogP contribution in [0.25, 0.3) is 10.9 Å². The lowest BCUT2D eigenvalue weighted by atomic mass is 10.1. The number of Topliss-reactive ketones (excluding diaryl/α,β-unsaturated/α-hetero) is 1. The highest BCUT2D eigenvalue weighted by Gasteiger charge is 2.11. The van der Waals surface area contributed by atoms with E-state index >= 15 is 0 Å². The Morgan fingerprint density at radius 1 is 1.35 bits per heavy atom. The van der Waals surface area contributed by atoms with E-state index in [-0.39, 0.29) is 23.8 Å². The number of carbonyl (C=O) groups excluding carboxylic acids is 1. The molecule has 0 N–H and O–H groups in total. The van der Waals surface area contributed by atoms with Gasteiger partial charge in [-0.05, 0) is 12.1 Å². The molecule has 0 fully saturated rings. The van der Waals surface area contributed by atoms with Crippen LogP contribution in [0.3, 0.4) is 0 Å². The van der Waals surface area contributed by atoms with Crippen LogP contribution in [-0.4, -0.2) is 20.8 Å². The molecule has 0 radical (unpaired) electrons. The Hall–Kier alpha value is -2.04. The molecule has 0 amide bonds. The Kier molecular flexibility index (Phi) is 2.99. The zero-order valence-electron chi connectivity index (χ0n) is 9.75. The van der Waals surface area contributed by atoms with Crippen molar-refractivity contribution >= 4 is 16.7 Å². The summed E-state index contributed by atoms with van der Waals surface area (Å²) in [5.41, 5.74) is 0.273. The maximum atomic E-state index is 12.0. The van der Waals surface area contributed by atoms with Crippen molar-refractivity contribution in [2.24, 2.45) is 5.92 Å². The van der Waals surface area contributed by atoms with E-state index in [9.17, 15) is 9.59 Å². The van der Waals surface area contributed by atoms with Crippen LogP contribution in [-0.2, 0) is 11.3 Å². The van der Waals surface area contributed by atoms with Gasteiger partial charge in [-0.15, -0.1) is 5.10 Å². The highest BCUT2D eigenvalue weighted by Crippen LogP contribution is 2.03. The SMILES string of the molecule is CC(C)C(=O)Cn1nnc2ccccc2c1=O. The van der Waals surface area contributed by atoms with Crippen molar-refractivity contribution in [2.75, 3.05) is 0 Å². The number of aromatic nitrogens is 3. The second kappa shape index (κ2) is 4.45. The molecule has 0 aliphatic carbocycles. The number of hydrogen-bond donors (Lipinski definition) is 0. The van der Waals surface area contributed by atoms with Crippen LogP contribution in [0.15, 0.2) is 29.1 Å². The lowest BCUT2D eigenvalue weighted by molar-refractivity contribution is -0.122. The molecule has 0 aliphatic heterocycles. The molecule has 0 aliphatic rings. The van der Waals surface area contributed by atoms with Crippen molar-refractivity contribution in [2.45, 2.75) is 20.4 Å². The van der Waals surface area contributed by atoms with Crippen LogP contribution in [0.1, 0.15) is 13.8 Å². The second-order valence-electron chi connectivity index (χ2n) is 4.19. The van der Waals surface area contributed by atoms with Gasteiger partial charge in [-0.25, -0.2) is 4.68 Å². The molecule has 5 nitrogen and oxygen atoms in total. The summed E-state index contributed by atoms with van der Waals surface area (Å²) in [5.74, 6) is -0.146. The largest absolute Gasteiger partial charge is 0.297 e. The van der Waals surface area contributed by atoms with Crippen molar-refractivity contribution < 1.29 is 4.79 Å². The maximum absolute atomic E-state index is 12.0. The van der Waals surface area contributed by atoms with E-state index in [1.807, 2.05) is 0 Å². The number of ketones is 1. The first-order valence-corrected chi connectivity index (χ1v) is 5.45. The number of hydrogen-bond acceptors (Lipinski definition) is 4. The van der Waals surface area contributed by atoms with E-state index in [0.717, 1.165) is 4.68 Å². The molecule has 0 saturated heterocycles. The molecular weight excluding hydrogens is 218 g/mol. The van der Waals surface area contributed by atoms with Crippen LogP contribution in [0.2, 0.25) is 0 Å². The zero-order valence-corrected chi connectivity index (χ0v) is 9.75. The molecule has 0 atom stereocenters. The van der Waals surface area contributed by atoms with Crippen LogP contribution >= 0.6 is 0 Å². The highest BCUT2D eigenvalue weighted by atomic mass is 16.1. The highest BCUT2D eigenvalue weighted by molar-refractivity contribution is 5.80. The number of benzene rings is 1. The molecular formula is C12H13N3O2. The monoisotopic (exact) mass is 231 g/mol. The molecule has 2 rings (SSSR count). The van der Waals surface area contributed by atoms with Crippen LogP contribution in [0.4, 0.5) is 0 Å². The zero-order chi connectivity index (χ0) is 12.4. The lowest BCUT2D eigenvalue weighted by Gasteiger charge is -2.05. The fourth-order valence-electron chi connectivity index (χ4n) is 1.46. The summed E-state index contributed by atoms with van der Waals surface area (Å²) in [5, 5.41) is 8.16. The molecule has 88 valence electrons. The average Bonchev–Trinajstić information content (AvgIpc) is 2.33. The standard InChI is InChI=1S/C12H13N3O2/c1-8(2)11(16)7-15-12(17)9-5-3-4-6-10(9)13-14-15/h3-6,8H,7H2,1-2H3. The van der Waals surface area contributed by atoms with Gasteiger partial charge in [0.2, 0.25) is 0 Å². The number of carbonyl (C=O) groups is 1. The summed E-state index contributed by atoms with van der Waals surface area (Å²) in [6.45, 7) is 3.57. The van der Waals surface area contributed by atoms with Crippen molar-refractivity contribution in [1.82, 2.24) is 15.0 Å². The van der Waals surface area contributed by atoms with Crippen molar-refractivity contribution in [3.8, 4) is 0 Å². The summed E-state index contributed by atoms with van der Waals surface area (Å²) in [6.07, 6.45) is 0. The molecule has 1 aromatic heterocycles. The molecule has 2 aromatic rings. The van der Waals surface area contributed by atoms with Crippen LogP contribution < -0.4 is 5.56 Å². The smallest absolute Gasteiger partial charge is 0.278 e. The summed E-state index contributed by atoms with van der Waals surface area (Å²) in [7, 11) is 0. The fraction of sp³-hybridized carbons (Fsp3) is 0.333. The second-order valence-corrected chi connectivity index (χ2v) is 4.19. The maximum Gasteiger partial charge on any atom is 0.278 e. The third kappa shape index (κ3) is 2.22. The van der Waals surface area contributed by atoms with Gasteiger partial charge >= 0.3 is 0 Å². The minimum atomic E-state index is -0.274.